The number of carbonyl (C=O) groups is 2. The van der Waals surface area contributed by atoms with Crippen LogP contribution in [0.15, 0.2) is 84.9 Å². The second-order valence-electron chi connectivity index (χ2n) is 10.1. The predicted molar refractivity (Wildman–Crippen MR) is 148 cm³/mol. The molecule has 1 unspecified atom stereocenters. The van der Waals surface area contributed by atoms with Crippen molar-refractivity contribution in [3.8, 4) is 23.0 Å². The third-order valence-corrected chi connectivity index (χ3v) is 7.68. The van der Waals surface area contributed by atoms with Crippen LogP contribution < -0.4 is 18.9 Å². The molecule has 0 saturated heterocycles. The molecule has 9 nitrogen and oxygen atoms in total. The predicted octanol–water partition coefficient (Wildman–Crippen LogP) is 7.24. The Morgan fingerprint density at radius 3 is 1.61 bits per heavy atom. The molecule has 4 aromatic carbocycles. The van der Waals surface area contributed by atoms with Crippen molar-refractivity contribution < 1.29 is 33.5 Å². The van der Waals surface area contributed by atoms with Crippen LogP contribution in [-0.4, -0.2) is 17.2 Å². The zero-order chi connectivity index (χ0) is 28.6. The number of nitrogens with zero attached hydrogens (tertiary/aromatic N) is 1. The highest BCUT2D eigenvalue weighted by molar-refractivity contribution is 5.72. The topological polar surface area (TPSA) is 114 Å². The summed E-state index contributed by atoms with van der Waals surface area (Å²) in [5.74, 6) is 1.28. The van der Waals surface area contributed by atoms with Crippen LogP contribution in [0.3, 0.4) is 0 Å². The van der Waals surface area contributed by atoms with E-state index < -0.39 is 22.6 Å². The Labute approximate surface area is 235 Å². The van der Waals surface area contributed by atoms with Gasteiger partial charge < -0.3 is 18.9 Å². The van der Waals surface area contributed by atoms with Gasteiger partial charge in [0, 0.05) is 28.7 Å². The Morgan fingerprint density at radius 2 is 1.15 bits per heavy atom. The minimum atomic E-state index is -0.960. The summed E-state index contributed by atoms with van der Waals surface area (Å²) in [6.07, 6.45) is 1.23. The number of nitro benzene ring substituents is 1. The lowest BCUT2D eigenvalue weighted by molar-refractivity contribution is -0.384. The summed E-state index contributed by atoms with van der Waals surface area (Å²) >= 11 is 0. The average Bonchev–Trinajstić information content (AvgIpc) is 3.53. The molecule has 0 heterocycles. The molecule has 2 aliphatic carbocycles. The highest BCUT2D eigenvalue weighted by Crippen LogP contribution is 2.57. The van der Waals surface area contributed by atoms with Gasteiger partial charge in [0.25, 0.3) is 5.69 Å². The molecular weight excluding hydrogens is 526 g/mol. The largest absolute Gasteiger partial charge is 0.519 e. The van der Waals surface area contributed by atoms with E-state index in [-0.39, 0.29) is 11.4 Å². The van der Waals surface area contributed by atoms with Gasteiger partial charge in [-0.15, -0.1) is 0 Å². The molecule has 41 heavy (non-hydrogen) atoms. The van der Waals surface area contributed by atoms with Crippen molar-refractivity contribution in [2.45, 2.75) is 38.0 Å². The van der Waals surface area contributed by atoms with E-state index in [1.54, 1.807) is 24.3 Å². The Balaban J connectivity index is 1.28. The molecule has 0 radical (unpaired) electrons. The first-order valence-corrected chi connectivity index (χ1v) is 13.2. The molecule has 1 spiro atoms. The number of ether oxygens (including phenoxy) is 4. The number of aryl methyl sites for hydroxylation is 3. The molecule has 0 bridgehead atoms. The smallest absolute Gasteiger partial charge is 0.395 e. The van der Waals surface area contributed by atoms with Gasteiger partial charge in [0.2, 0.25) is 0 Å². The Kier molecular flexibility index (Phi) is 6.62. The van der Waals surface area contributed by atoms with Gasteiger partial charge in [-0.1, -0.05) is 42.0 Å². The van der Waals surface area contributed by atoms with Crippen LogP contribution in [0.25, 0.3) is 0 Å². The molecule has 0 saturated carbocycles. The molecule has 4 aromatic rings. The molecule has 6 rings (SSSR count). The van der Waals surface area contributed by atoms with Gasteiger partial charge in [0.15, 0.2) is 0 Å². The summed E-state index contributed by atoms with van der Waals surface area (Å²) in [5, 5.41) is 10.9. The fourth-order valence-electron chi connectivity index (χ4n) is 5.93. The van der Waals surface area contributed by atoms with Gasteiger partial charge in [-0.05, 0) is 80.1 Å². The van der Waals surface area contributed by atoms with E-state index in [4.69, 9.17) is 18.9 Å². The third kappa shape index (κ3) is 4.98. The lowest BCUT2D eigenvalue weighted by Crippen LogP contribution is -2.25. The lowest BCUT2D eigenvalue weighted by Gasteiger charge is -2.29. The molecule has 0 amide bonds. The van der Waals surface area contributed by atoms with Crippen molar-refractivity contribution in [2.24, 2.45) is 0 Å². The zero-order valence-corrected chi connectivity index (χ0v) is 22.1. The maximum atomic E-state index is 12.8. The van der Waals surface area contributed by atoms with Gasteiger partial charge in [0.1, 0.15) is 23.0 Å². The van der Waals surface area contributed by atoms with Crippen molar-refractivity contribution >= 4 is 18.0 Å². The Bertz CT molecular complexity index is 1660. The van der Waals surface area contributed by atoms with E-state index in [9.17, 15) is 19.7 Å². The van der Waals surface area contributed by atoms with Gasteiger partial charge in [-0.3, -0.25) is 10.1 Å². The first-order valence-electron chi connectivity index (χ1n) is 13.2. The summed E-state index contributed by atoms with van der Waals surface area (Å²) < 4.78 is 22.2. The Hall–Kier alpha value is -5.18. The summed E-state index contributed by atoms with van der Waals surface area (Å²) in [7, 11) is 0. The first-order chi connectivity index (χ1) is 19.8. The van der Waals surface area contributed by atoms with Gasteiger partial charge in [-0.25, -0.2) is 9.59 Å². The van der Waals surface area contributed by atoms with Crippen molar-refractivity contribution in [1.29, 1.82) is 0 Å². The van der Waals surface area contributed by atoms with Gasteiger partial charge in [-0.2, -0.15) is 0 Å². The fraction of sp³-hybridized carbons (Fsp3) is 0.188. The number of non-ortho nitro benzene ring substituents is 1. The summed E-state index contributed by atoms with van der Waals surface area (Å²) in [5.41, 5.74) is 4.24. The summed E-state index contributed by atoms with van der Waals surface area (Å²) in [4.78, 5) is 36.0. The minimum absolute atomic E-state index is 0.116. The van der Waals surface area contributed by atoms with E-state index >= 15 is 0 Å². The number of carbonyl (C=O) groups excluding carboxylic acids is 2. The SMILES string of the molecule is Cc1ccc(OC(=O)Oc2cccc3c2C2(CC3)CCc3cccc(OC(=O)Oc4ccc([N+](=O)[O-])cc4)c32)cc1. The fourth-order valence-corrected chi connectivity index (χ4v) is 5.93. The summed E-state index contributed by atoms with van der Waals surface area (Å²) in [6, 6.07) is 23.5. The molecule has 0 aliphatic heterocycles. The molecular formula is C32H25NO8. The highest BCUT2D eigenvalue weighted by Gasteiger charge is 2.49. The van der Waals surface area contributed by atoms with Crippen LogP contribution in [-0.2, 0) is 18.3 Å². The molecule has 206 valence electrons. The van der Waals surface area contributed by atoms with E-state index in [0.29, 0.717) is 17.2 Å². The monoisotopic (exact) mass is 551 g/mol. The molecule has 0 N–H and O–H groups in total. The highest BCUT2D eigenvalue weighted by atomic mass is 16.7. The number of fused-ring (bicyclic) bond motifs is 4. The van der Waals surface area contributed by atoms with Gasteiger partial charge >= 0.3 is 12.3 Å². The normalized spacial score (nSPS) is 16.5. The number of benzene rings is 4. The second kappa shape index (κ2) is 10.4. The van der Waals surface area contributed by atoms with Crippen LogP contribution in [0.4, 0.5) is 15.3 Å². The van der Waals surface area contributed by atoms with Crippen LogP contribution in [0.5, 0.6) is 23.0 Å². The van der Waals surface area contributed by atoms with E-state index in [1.165, 1.54) is 24.3 Å². The van der Waals surface area contributed by atoms with Crippen LogP contribution in [0, 0.1) is 17.0 Å². The second-order valence-corrected chi connectivity index (χ2v) is 10.1. The maximum absolute atomic E-state index is 12.8. The average molecular weight is 552 g/mol. The molecule has 2 aliphatic rings. The number of hydrogen-bond donors (Lipinski definition) is 0. The molecule has 1 atom stereocenters. The van der Waals surface area contributed by atoms with Crippen molar-refractivity contribution in [1.82, 2.24) is 0 Å². The van der Waals surface area contributed by atoms with Crippen LogP contribution in [0.2, 0.25) is 0 Å². The standard InChI is InChI=1S/C32H25NO8/c1-20-8-12-24(13-9-20)38-30(34)40-26-6-2-4-21-16-18-32(28(21)26)19-17-22-5-3-7-27(29(22)32)41-31(35)39-25-14-10-23(11-15-25)33(36)37/h2-15H,16-19H2,1H3. The van der Waals surface area contributed by atoms with Crippen molar-refractivity contribution in [3.63, 3.8) is 0 Å². The van der Waals surface area contributed by atoms with Crippen molar-refractivity contribution in [3.05, 3.63) is 123 Å². The molecule has 0 aromatic heterocycles. The Morgan fingerprint density at radius 1 is 0.683 bits per heavy atom. The number of nitro groups is 1. The van der Waals surface area contributed by atoms with E-state index in [0.717, 1.165) is 53.5 Å². The van der Waals surface area contributed by atoms with E-state index in [1.807, 2.05) is 43.3 Å². The minimum Gasteiger partial charge on any atom is -0.395 e. The van der Waals surface area contributed by atoms with E-state index in [2.05, 4.69) is 0 Å². The van der Waals surface area contributed by atoms with Crippen LogP contribution >= 0.6 is 0 Å². The van der Waals surface area contributed by atoms with Crippen molar-refractivity contribution in [2.75, 3.05) is 0 Å². The first kappa shape index (κ1) is 26.1. The van der Waals surface area contributed by atoms with Gasteiger partial charge in [0.05, 0.1) is 4.92 Å². The lowest BCUT2D eigenvalue weighted by atomic mass is 9.76. The summed E-state index contributed by atoms with van der Waals surface area (Å²) in [6.45, 7) is 1.95. The quantitative estimate of drug-likeness (QED) is 0.110. The number of rotatable bonds is 5. The number of hydrogen-bond acceptors (Lipinski definition) is 8. The van der Waals surface area contributed by atoms with Crippen LogP contribution in [0.1, 0.15) is 40.7 Å². The maximum Gasteiger partial charge on any atom is 0.519 e. The zero-order valence-electron chi connectivity index (χ0n) is 22.1. The third-order valence-electron chi connectivity index (χ3n) is 7.68. The molecule has 0 fully saturated rings. The molecule has 9 heteroatoms.